The van der Waals surface area contributed by atoms with Gasteiger partial charge >= 0.3 is 0 Å². The van der Waals surface area contributed by atoms with Gasteiger partial charge in [0.25, 0.3) is 0 Å². The lowest BCUT2D eigenvalue weighted by molar-refractivity contribution is -0.144. The zero-order valence-corrected chi connectivity index (χ0v) is 19.7. The number of imide groups is 1. The maximum Gasteiger partial charge on any atom is 0.240 e. The van der Waals surface area contributed by atoms with E-state index in [2.05, 4.69) is 0 Å². The molecule has 2 heterocycles. The molecule has 0 spiro atoms. The first-order chi connectivity index (χ1) is 15.2. The van der Waals surface area contributed by atoms with Crippen molar-refractivity contribution in [2.24, 2.45) is 5.92 Å². The number of ketones is 1. The van der Waals surface area contributed by atoms with E-state index in [1.165, 1.54) is 4.90 Å². The molecule has 0 N–H and O–H groups in total. The topological polar surface area (TPSA) is 78.0 Å². The molecule has 1 aromatic rings. The zero-order valence-electron chi connectivity index (χ0n) is 19.7. The van der Waals surface area contributed by atoms with Crippen LogP contribution in [0.25, 0.3) is 0 Å². The molecule has 2 aliphatic heterocycles. The van der Waals surface area contributed by atoms with Crippen molar-refractivity contribution < 1.29 is 19.2 Å². The van der Waals surface area contributed by atoms with E-state index in [4.69, 9.17) is 0 Å². The van der Waals surface area contributed by atoms with Gasteiger partial charge in [-0.15, -0.1) is 0 Å². The van der Waals surface area contributed by atoms with Gasteiger partial charge in [-0.3, -0.25) is 24.1 Å². The normalized spacial score (nSPS) is 23.8. The van der Waals surface area contributed by atoms with E-state index in [1.54, 1.807) is 4.90 Å². The summed E-state index contributed by atoms with van der Waals surface area (Å²) < 4.78 is 0. The highest BCUT2D eigenvalue weighted by Gasteiger charge is 2.54. The summed E-state index contributed by atoms with van der Waals surface area (Å²) in [6.45, 7) is 5.63. The fraction of sp³-hybridized carbons (Fsp3) is 0.600. The molecule has 7 heteroatoms. The first kappa shape index (κ1) is 24.1. The van der Waals surface area contributed by atoms with Crippen LogP contribution in [-0.2, 0) is 24.6 Å². The standard InChI is InChI=1S/C25H35N3O4/c1-5-21(29)19-10-8-12-27(17-19)22(30)15-25(20-11-7-6-9-18(20)2)16-23(31)28(24(25)32)14-13-26(3)4/h6-7,9,11,19H,5,8,10,12-17H2,1-4H3/t19-,25-/m1/s1. The molecule has 2 atom stereocenters. The third-order valence-electron chi connectivity index (χ3n) is 6.87. The molecule has 0 unspecified atom stereocenters. The monoisotopic (exact) mass is 441 g/mol. The Hall–Kier alpha value is -2.54. The van der Waals surface area contributed by atoms with E-state index in [9.17, 15) is 19.2 Å². The van der Waals surface area contributed by atoms with Crippen LogP contribution in [0.15, 0.2) is 24.3 Å². The Bertz CT molecular complexity index is 897. The molecular formula is C25H35N3O4. The minimum Gasteiger partial charge on any atom is -0.342 e. The molecule has 1 aromatic carbocycles. The minimum absolute atomic E-state index is 0.00101. The Labute approximate surface area is 190 Å². The van der Waals surface area contributed by atoms with E-state index in [-0.39, 0.29) is 42.3 Å². The van der Waals surface area contributed by atoms with E-state index in [1.807, 2.05) is 57.1 Å². The zero-order chi connectivity index (χ0) is 23.5. The van der Waals surface area contributed by atoms with Crippen molar-refractivity contribution in [1.82, 2.24) is 14.7 Å². The molecule has 174 valence electrons. The minimum atomic E-state index is -1.19. The highest BCUT2D eigenvalue weighted by Crippen LogP contribution is 2.42. The highest BCUT2D eigenvalue weighted by molar-refractivity contribution is 6.11. The van der Waals surface area contributed by atoms with Gasteiger partial charge in [-0.1, -0.05) is 31.2 Å². The molecule has 0 radical (unpaired) electrons. The molecule has 3 rings (SSSR count). The quantitative estimate of drug-likeness (QED) is 0.578. The molecule has 0 saturated carbocycles. The van der Waals surface area contributed by atoms with Gasteiger partial charge in [0.2, 0.25) is 17.7 Å². The largest absolute Gasteiger partial charge is 0.342 e. The van der Waals surface area contributed by atoms with Crippen molar-refractivity contribution in [2.45, 2.75) is 51.4 Å². The number of likely N-dealkylation sites (tertiary alicyclic amines) is 2. The van der Waals surface area contributed by atoms with E-state index < -0.39 is 5.41 Å². The maximum atomic E-state index is 13.7. The van der Waals surface area contributed by atoms with E-state index in [0.29, 0.717) is 32.6 Å². The van der Waals surface area contributed by atoms with Crippen LogP contribution in [0.2, 0.25) is 0 Å². The van der Waals surface area contributed by atoms with Crippen LogP contribution >= 0.6 is 0 Å². The van der Waals surface area contributed by atoms with Crippen molar-refractivity contribution in [3.05, 3.63) is 35.4 Å². The number of aryl methyl sites for hydroxylation is 1. The Morgan fingerprint density at radius 3 is 2.56 bits per heavy atom. The number of amides is 3. The molecule has 2 saturated heterocycles. The molecule has 2 aliphatic rings. The summed E-state index contributed by atoms with van der Waals surface area (Å²) in [7, 11) is 3.79. The molecule has 32 heavy (non-hydrogen) atoms. The van der Waals surface area contributed by atoms with Gasteiger partial charge in [0.05, 0.1) is 5.41 Å². The second kappa shape index (κ2) is 9.94. The number of nitrogens with zero attached hydrogens (tertiary/aromatic N) is 3. The Kier molecular flexibility index (Phi) is 7.49. The summed E-state index contributed by atoms with van der Waals surface area (Å²) >= 11 is 0. The van der Waals surface area contributed by atoms with Crippen LogP contribution in [-0.4, -0.2) is 78.5 Å². The summed E-state index contributed by atoms with van der Waals surface area (Å²) in [5.41, 5.74) is 0.457. The summed E-state index contributed by atoms with van der Waals surface area (Å²) in [6.07, 6.45) is 2.00. The molecule has 0 aliphatic carbocycles. The van der Waals surface area contributed by atoms with E-state index >= 15 is 0 Å². The average molecular weight is 442 g/mol. The van der Waals surface area contributed by atoms with Crippen LogP contribution < -0.4 is 0 Å². The first-order valence-electron chi connectivity index (χ1n) is 11.6. The lowest BCUT2D eigenvalue weighted by Gasteiger charge is -2.35. The summed E-state index contributed by atoms with van der Waals surface area (Å²) in [5.74, 6) is -0.629. The van der Waals surface area contributed by atoms with Crippen molar-refractivity contribution in [2.75, 3.05) is 40.3 Å². The van der Waals surface area contributed by atoms with Crippen molar-refractivity contribution in [1.29, 1.82) is 0 Å². The number of likely N-dealkylation sites (N-methyl/N-ethyl adjacent to an activating group) is 1. The number of piperidine rings is 1. The lowest BCUT2D eigenvalue weighted by Crippen LogP contribution is -2.47. The molecular weight excluding hydrogens is 406 g/mol. The average Bonchev–Trinajstić information content (AvgIpc) is 3.01. The molecule has 0 aromatic heterocycles. The van der Waals surface area contributed by atoms with Gasteiger partial charge in [0.1, 0.15) is 5.78 Å². The van der Waals surface area contributed by atoms with Crippen LogP contribution in [0.5, 0.6) is 0 Å². The Morgan fingerprint density at radius 1 is 1.19 bits per heavy atom. The number of benzene rings is 1. The number of hydrogen-bond acceptors (Lipinski definition) is 5. The SMILES string of the molecule is CCC(=O)[C@@H]1CCCN(C(=O)C[C@]2(c3ccccc3C)CC(=O)N(CCN(C)C)C2=O)C1. The number of carbonyl (C=O) groups excluding carboxylic acids is 4. The molecule has 7 nitrogen and oxygen atoms in total. The van der Waals surface area contributed by atoms with Crippen LogP contribution in [0.3, 0.4) is 0 Å². The summed E-state index contributed by atoms with van der Waals surface area (Å²) in [5, 5.41) is 0. The van der Waals surface area contributed by atoms with Gasteiger partial charge in [0, 0.05) is 51.4 Å². The third kappa shape index (κ3) is 4.77. The number of hydrogen-bond donors (Lipinski definition) is 0. The summed E-state index contributed by atoms with van der Waals surface area (Å²) in [4.78, 5) is 57.3. The first-order valence-corrected chi connectivity index (χ1v) is 11.6. The van der Waals surface area contributed by atoms with Crippen LogP contribution in [0.4, 0.5) is 0 Å². The van der Waals surface area contributed by atoms with Gasteiger partial charge in [-0.05, 0) is 45.0 Å². The van der Waals surface area contributed by atoms with Crippen molar-refractivity contribution in [3.63, 3.8) is 0 Å². The second-order valence-electron chi connectivity index (χ2n) is 9.40. The lowest BCUT2D eigenvalue weighted by atomic mass is 9.73. The fourth-order valence-electron chi connectivity index (χ4n) is 5.01. The molecule has 3 amide bonds. The van der Waals surface area contributed by atoms with Gasteiger partial charge in [0.15, 0.2) is 0 Å². The Morgan fingerprint density at radius 2 is 1.91 bits per heavy atom. The highest BCUT2D eigenvalue weighted by atomic mass is 16.2. The number of Topliss-reactive ketones (excluding diaryl/α,β-unsaturated/α-hetero) is 1. The smallest absolute Gasteiger partial charge is 0.240 e. The molecule has 2 fully saturated rings. The summed E-state index contributed by atoms with van der Waals surface area (Å²) in [6, 6.07) is 7.53. The third-order valence-corrected chi connectivity index (χ3v) is 6.87. The second-order valence-corrected chi connectivity index (χ2v) is 9.40. The fourth-order valence-corrected chi connectivity index (χ4v) is 5.01. The predicted molar refractivity (Wildman–Crippen MR) is 122 cm³/mol. The van der Waals surface area contributed by atoms with Crippen LogP contribution in [0, 0.1) is 12.8 Å². The van der Waals surface area contributed by atoms with E-state index in [0.717, 1.165) is 24.0 Å². The predicted octanol–water partition coefficient (Wildman–Crippen LogP) is 2.16. The van der Waals surface area contributed by atoms with Gasteiger partial charge in [-0.25, -0.2) is 0 Å². The number of carbonyl (C=O) groups is 4. The van der Waals surface area contributed by atoms with Gasteiger partial charge < -0.3 is 9.80 Å². The molecule has 0 bridgehead atoms. The van der Waals surface area contributed by atoms with Crippen LogP contribution in [0.1, 0.15) is 50.2 Å². The van der Waals surface area contributed by atoms with Crippen molar-refractivity contribution in [3.8, 4) is 0 Å². The van der Waals surface area contributed by atoms with Crippen molar-refractivity contribution >= 4 is 23.5 Å². The Balaban J connectivity index is 1.90. The van der Waals surface area contributed by atoms with Gasteiger partial charge in [-0.2, -0.15) is 0 Å². The maximum absolute atomic E-state index is 13.7. The number of rotatable bonds is 8.